The van der Waals surface area contributed by atoms with Crippen molar-refractivity contribution in [1.82, 2.24) is 9.97 Å². The van der Waals surface area contributed by atoms with Gasteiger partial charge < -0.3 is 11.1 Å². The van der Waals surface area contributed by atoms with Crippen LogP contribution in [0.1, 0.15) is 10.4 Å². The number of nitrogens with one attached hydrogen (secondary N) is 1. The van der Waals surface area contributed by atoms with Crippen LogP contribution >= 0.6 is 15.9 Å². The van der Waals surface area contributed by atoms with E-state index < -0.39 is 0 Å². The van der Waals surface area contributed by atoms with Gasteiger partial charge in [-0.25, -0.2) is 4.98 Å². The second-order valence-corrected chi connectivity index (χ2v) is 4.19. The highest BCUT2D eigenvalue weighted by atomic mass is 79.9. The Morgan fingerprint density at radius 2 is 2.12 bits per heavy atom. The van der Waals surface area contributed by atoms with Gasteiger partial charge in [-0.05, 0) is 34.1 Å². The Labute approximate surface area is 106 Å². The first-order valence-electron chi connectivity index (χ1n) is 4.79. The van der Waals surface area contributed by atoms with E-state index in [4.69, 9.17) is 5.73 Å². The van der Waals surface area contributed by atoms with Gasteiger partial charge in [-0.3, -0.25) is 9.78 Å². The predicted octanol–water partition coefficient (Wildman–Crippen LogP) is 2.07. The molecule has 0 unspecified atom stereocenters. The molecule has 0 fully saturated rings. The highest BCUT2D eigenvalue weighted by molar-refractivity contribution is 9.10. The van der Waals surface area contributed by atoms with Crippen molar-refractivity contribution in [2.24, 2.45) is 0 Å². The lowest BCUT2D eigenvalue weighted by molar-refractivity contribution is 0.102. The minimum atomic E-state index is -0.306. The van der Waals surface area contributed by atoms with Gasteiger partial charge in [0.15, 0.2) is 0 Å². The van der Waals surface area contributed by atoms with E-state index >= 15 is 0 Å². The lowest BCUT2D eigenvalue weighted by atomic mass is 10.2. The van der Waals surface area contributed by atoms with Gasteiger partial charge in [0.25, 0.3) is 5.91 Å². The van der Waals surface area contributed by atoms with Crippen molar-refractivity contribution in [2.45, 2.75) is 0 Å². The van der Waals surface area contributed by atoms with Crippen LogP contribution in [0.5, 0.6) is 0 Å². The van der Waals surface area contributed by atoms with Crippen molar-refractivity contribution >= 4 is 33.3 Å². The molecule has 3 N–H and O–H groups in total. The Morgan fingerprint density at radius 1 is 1.29 bits per heavy atom. The number of nitrogens with two attached hydrogens (primary N) is 1. The molecule has 5 nitrogen and oxygen atoms in total. The topological polar surface area (TPSA) is 80.9 Å². The van der Waals surface area contributed by atoms with Gasteiger partial charge in [0.1, 0.15) is 5.82 Å². The summed E-state index contributed by atoms with van der Waals surface area (Å²) in [5.74, 6) is 0.161. The molecule has 0 aliphatic heterocycles. The van der Waals surface area contributed by atoms with Crippen molar-refractivity contribution in [2.75, 3.05) is 11.1 Å². The van der Waals surface area contributed by atoms with E-state index in [0.717, 1.165) is 4.47 Å². The van der Waals surface area contributed by atoms with Gasteiger partial charge >= 0.3 is 0 Å². The maximum Gasteiger partial charge on any atom is 0.259 e. The zero-order chi connectivity index (χ0) is 12.3. The molecule has 1 amide bonds. The van der Waals surface area contributed by atoms with Crippen LogP contribution in [-0.4, -0.2) is 15.9 Å². The third-order valence-electron chi connectivity index (χ3n) is 2.07. The van der Waals surface area contributed by atoms with Crippen LogP contribution < -0.4 is 11.1 Å². The molecule has 2 heterocycles. The van der Waals surface area contributed by atoms with Gasteiger partial charge in [-0.15, -0.1) is 0 Å². The molecular weight excluding hydrogens is 284 g/mol. The molecule has 86 valence electrons. The zero-order valence-corrected chi connectivity index (χ0v) is 10.3. The molecule has 0 aliphatic rings. The first-order valence-corrected chi connectivity index (χ1v) is 5.58. The molecule has 2 aromatic rings. The summed E-state index contributed by atoms with van der Waals surface area (Å²) in [6.45, 7) is 0. The van der Waals surface area contributed by atoms with Crippen LogP contribution in [-0.2, 0) is 0 Å². The Bertz CT molecular complexity index is 541. The lowest BCUT2D eigenvalue weighted by Gasteiger charge is -2.05. The molecule has 0 atom stereocenters. The summed E-state index contributed by atoms with van der Waals surface area (Å²) in [7, 11) is 0. The summed E-state index contributed by atoms with van der Waals surface area (Å²) >= 11 is 3.26. The van der Waals surface area contributed by atoms with Crippen LogP contribution in [0.4, 0.5) is 11.5 Å². The average molecular weight is 293 g/mol. The molecule has 2 rings (SSSR count). The standard InChI is InChI=1S/C11H9BrN4O/c12-7-1-2-10(15-5-7)16-11(17)8-3-4-14-6-9(8)13/h1-6H,13H2,(H,15,16,17). The average Bonchev–Trinajstić information content (AvgIpc) is 2.32. The number of carbonyl (C=O) groups is 1. The van der Waals surface area contributed by atoms with Gasteiger partial charge in [0.2, 0.25) is 0 Å². The summed E-state index contributed by atoms with van der Waals surface area (Å²) < 4.78 is 0.846. The molecule has 6 heteroatoms. The Balaban J connectivity index is 2.17. The van der Waals surface area contributed by atoms with Gasteiger partial charge in [0, 0.05) is 16.9 Å². The smallest absolute Gasteiger partial charge is 0.259 e. The summed E-state index contributed by atoms with van der Waals surface area (Å²) in [4.78, 5) is 19.7. The van der Waals surface area contributed by atoms with Crippen molar-refractivity contribution < 1.29 is 4.79 Å². The number of hydrogen-bond acceptors (Lipinski definition) is 4. The normalized spacial score (nSPS) is 9.94. The largest absolute Gasteiger partial charge is 0.397 e. The molecule has 0 bridgehead atoms. The monoisotopic (exact) mass is 292 g/mol. The van der Waals surface area contributed by atoms with Crippen molar-refractivity contribution in [3.8, 4) is 0 Å². The van der Waals surface area contributed by atoms with E-state index in [1.165, 1.54) is 12.4 Å². The first-order chi connectivity index (χ1) is 8.16. The summed E-state index contributed by atoms with van der Waals surface area (Å²) in [6.07, 6.45) is 4.55. The van der Waals surface area contributed by atoms with Crippen LogP contribution in [0.25, 0.3) is 0 Å². The third kappa shape index (κ3) is 2.79. The van der Waals surface area contributed by atoms with E-state index in [1.54, 1.807) is 24.4 Å². The summed E-state index contributed by atoms with van der Waals surface area (Å²) in [5.41, 5.74) is 6.36. The van der Waals surface area contributed by atoms with E-state index in [0.29, 0.717) is 17.1 Å². The third-order valence-corrected chi connectivity index (χ3v) is 2.53. The maximum atomic E-state index is 11.8. The van der Waals surface area contributed by atoms with E-state index in [1.807, 2.05) is 0 Å². The number of nitrogen functional groups attached to an aromatic ring is 1. The second kappa shape index (κ2) is 4.92. The van der Waals surface area contributed by atoms with Gasteiger partial charge in [-0.2, -0.15) is 0 Å². The first kappa shape index (κ1) is 11.5. The van der Waals surface area contributed by atoms with E-state index in [2.05, 4.69) is 31.2 Å². The fraction of sp³-hybridized carbons (Fsp3) is 0. The predicted molar refractivity (Wildman–Crippen MR) is 68.5 cm³/mol. The van der Waals surface area contributed by atoms with Crippen LogP contribution in [0, 0.1) is 0 Å². The molecular formula is C11H9BrN4O. The molecule has 0 saturated heterocycles. The van der Waals surface area contributed by atoms with E-state index in [-0.39, 0.29) is 5.91 Å². The number of rotatable bonds is 2. The van der Waals surface area contributed by atoms with Crippen LogP contribution in [0.15, 0.2) is 41.3 Å². The Hall–Kier alpha value is -1.95. The quantitative estimate of drug-likeness (QED) is 0.888. The summed E-state index contributed by atoms with van der Waals surface area (Å²) in [6, 6.07) is 5.04. The Kier molecular flexibility index (Phi) is 3.34. The van der Waals surface area contributed by atoms with Gasteiger partial charge in [0.05, 0.1) is 17.4 Å². The van der Waals surface area contributed by atoms with Crippen molar-refractivity contribution in [1.29, 1.82) is 0 Å². The fourth-order valence-electron chi connectivity index (χ4n) is 1.25. The molecule has 0 saturated carbocycles. The maximum absolute atomic E-state index is 11.8. The van der Waals surface area contributed by atoms with Crippen LogP contribution in [0.2, 0.25) is 0 Å². The number of carbonyl (C=O) groups excluding carboxylic acids is 1. The minimum absolute atomic E-state index is 0.306. The second-order valence-electron chi connectivity index (χ2n) is 3.28. The van der Waals surface area contributed by atoms with Crippen molar-refractivity contribution in [3.05, 3.63) is 46.8 Å². The van der Waals surface area contributed by atoms with Crippen molar-refractivity contribution in [3.63, 3.8) is 0 Å². The highest BCUT2D eigenvalue weighted by Crippen LogP contribution is 2.13. The number of hydrogen-bond donors (Lipinski definition) is 2. The molecule has 0 spiro atoms. The lowest BCUT2D eigenvalue weighted by Crippen LogP contribution is -2.14. The fourth-order valence-corrected chi connectivity index (χ4v) is 1.48. The zero-order valence-electron chi connectivity index (χ0n) is 8.72. The number of nitrogens with zero attached hydrogens (tertiary/aromatic N) is 2. The van der Waals surface area contributed by atoms with E-state index in [9.17, 15) is 4.79 Å². The molecule has 0 radical (unpaired) electrons. The number of aromatic nitrogens is 2. The number of amides is 1. The molecule has 17 heavy (non-hydrogen) atoms. The van der Waals surface area contributed by atoms with Gasteiger partial charge in [-0.1, -0.05) is 0 Å². The molecule has 2 aromatic heterocycles. The molecule has 0 aliphatic carbocycles. The summed E-state index contributed by atoms with van der Waals surface area (Å²) in [5, 5.41) is 2.65. The van der Waals surface area contributed by atoms with Crippen LogP contribution in [0.3, 0.4) is 0 Å². The number of pyridine rings is 2. The minimum Gasteiger partial charge on any atom is -0.397 e. The number of halogens is 1. The highest BCUT2D eigenvalue weighted by Gasteiger charge is 2.09. The SMILES string of the molecule is Nc1cnccc1C(=O)Nc1ccc(Br)cn1. The number of anilines is 2. The Morgan fingerprint density at radius 3 is 2.76 bits per heavy atom. The molecule has 0 aromatic carbocycles.